The fourth-order valence-corrected chi connectivity index (χ4v) is 0.994. The van der Waals surface area contributed by atoms with Crippen molar-refractivity contribution in [3.8, 4) is 0 Å². The van der Waals surface area contributed by atoms with Crippen molar-refractivity contribution in [3.05, 3.63) is 0 Å². The van der Waals surface area contributed by atoms with E-state index in [-0.39, 0.29) is 12.2 Å². The minimum Gasteiger partial charge on any atom is -0.390 e. The molecule has 46 valence electrons. The highest BCUT2D eigenvalue weighted by molar-refractivity contribution is 4.90. The summed E-state index contributed by atoms with van der Waals surface area (Å²) >= 11 is 0. The average molecular weight is 114 g/mol. The molecule has 2 rings (SSSR count). The van der Waals surface area contributed by atoms with Gasteiger partial charge in [-0.25, -0.2) is 0 Å². The van der Waals surface area contributed by atoms with E-state index in [1.165, 1.54) is 12.8 Å². The molecule has 2 heteroatoms. The minimum absolute atomic E-state index is 0.130. The quantitative estimate of drug-likeness (QED) is 0.518. The molecule has 0 aromatic heterocycles. The first-order valence-corrected chi connectivity index (χ1v) is 3.17. The number of epoxide rings is 1. The number of ether oxygens (including phenoxy) is 1. The molecule has 2 aliphatic rings. The summed E-state index contributed by atoms with van der Waals surface area (Å²) in [6, 6.07) is 0. The van der Waals surface area contributed by atoms with Crippen LogP contribution < -0.4 is 0 Å². The van der Waals surface area contributed by atoms with Crippen LogP contribution in [0.1, 0.15) is 12.8 Å². The number of aliphatic hydroxyl groups excluding tert-OH is 1. The number of hydrogen-bond donors (Lipinski definition) is 1. The molecular weight excluding hydrogens is 104 g/mol. The van der Waals surface area contributed by atoms with Crippen LogP contribution in [0.4, 0.5) is 0 Å². The summed E-state index contributed by atoms with van der Waals surface area (Å²) in [5.41, 5.74) is 0. The summed E-state index contributed by atoms with van der Waals surface area (Å²) in [7, 11) is 0. The molecular formula is C6H10O2. The topological polar surface area (TPSA) is 32.8 Å². The number of hydrogen-bond acceptors (Lipinski definition) is 2. The Morgan fingerprint density at radius 2 is 2.12 bits per heavy atom. The third-order valence-corrected chi connectivity index (χ3v) is 1.85. The molecule has 0 radical (unpaired) electrons. The Balaban J connectivity index is 1.84. The highest BCUT2D eigenvalue weighted by Gasteiger charge is 2.41. The summed E-state index contributed by atoms with van der Waals surface area (Å²) < 4.78 is 4.92. The molecule has 1 aliphatic heterocycles. The molecule has 2 fully saturated rings. The normalized spacial score (nSPS) is 39.4. The van der Waals surface area contributed by atoms with E-state index in [0.717, 1.165) is 6.61 Å². The molecule has 2 unspecified atom stereocenters. The lowest BCUT2D eigenvalue weighted by atomic mass is 10.2. The maximum atomic E-state index is 9.20. The fourth-order valence-electron chi connectivity index (χ4n) is 0.994. The van der Waals surface area contributed by atoms with Crippen molar-refractivity contribution < 1.29 is 9.84 Å². The van der Waals surface area contributed by atoms with Crippen LogP contribution in [0.25, 0.3) is 0 Å². The first-order valence-electron chi connectivity index (χ1n) is 3.17. The molecule has 1 heterocycles. The highest BCUT2D eigenvalue weighted by Crippen LogP contribution is 2.37. The number of aliphatic hydroxyl groups is 1. The maximum Gasteiger partial charge on any atom is 0.107 e. The second-order valence-electron chi connectivity index (χ2n) is 2.70. The molecule has 0 bridgehead atoms. The van der Waals surface area contributed by atoms with Crippen LogP contribution in [0.5, 0.6) is 0 Å². The van der Waals surface area contributed by atoms with Crippen LogP contribution in [0.2, 0.25) is 0 Å². The van der Waals surface area contributed by atoms with Crippen molar-refractivity contribution in [1.82, 2.24) is 0 Å². The predicted octanol–water partition coefficient (Wildman–Crippen LogP) is 0.156. The zero-order valence-corrected chi connectivity index (χ0v) is 4.71. The van der Waals surface area contributed by atoms with Crippen molar-refractivity contribution in [2.24, 2.45) is 5.92 Å². The molecule has 1 N–H and O–H groups in total. The van der Waals surface area contributed by atoms with E-state index < -0.39 is 0 Å². The molecule has 0 amide bonds. The Morgan fingerprint density at radius 3 is 2.50 bits per heavy atom. The van der Waals surface area contributed by atoms with Gasteiger partial charge in [0, 0.05) is 0 Å². The summed E-state index contributed by atoms with van der Waals surface area (Å²) in [4.78, 5) is 0. The van der Waals surface area contributed by atoms with E-state index in [9.17, 15) is 5.11 Å². The van der Waals surface area contributed by atoms with E-state index >= 15 is 0 Å². The summed E-state index contributed by atoms with van der Waals surface area (Å²) in [5.74, 6) is 0.586. The van der Waals surface area contributed by atoms with E-state index in [4.69, 9.17) is 4.74 Å². The molecule has 0 aromatic carbocycles. The van der Waals surface area contributed by atoms with Crippen LogP contribution in [-0.2, 0) is 4.74 Å². The molecule has 1 aliphatic carbocycles. The van der Waals surface area contributed by atoms with Crippen molar-refractivity contribution in [1.29, 1.82) is 0 Å². The number of rotatable bonds is 2. The van der Waals surface area contributed by atoms with Gasteiger partial charge in [-0.15, -0.1) is 0 Å². The highest BCUT2D eigenvalue weighted by atomic mass is 16.6. The van der Waals surface area contributed by atoms with Gasteiger partial charge in [-0.1, -0.05) is 0 Å². The van der Waals surface area contributed by atoms with E-state index in [1.54, 1.807) is 0 Å². The molecule has 2 atom stereocenters. The van der Waals surface area contributed by atoms with Gasteiger partial charge in [0.25, 0.3) is 0 Å². The van der Waals surface area contributed by atoms with Crippen LogP contribution in [-0.4, -0.2) is 23.9 Å². The standard InChI is InChI=1S/C6H10O2/c7-6(4-1-2-4)5-3-8-5/h4-7H,1-3H2. The Labute approximate surface area is 48.5 Å². The predicted molar refractivity (Wildman–Crippen MR) is 28.5 cm³/mol. The molecule has 1 saturated carbocycles. The van der Waals surface area contributed by atoms with Gasteiger partial charge in [-0.05, 0) is 18.8 Å². The van der Waals surface area contributed by atoms with E-state index in [1.807, 2.05) is 0 Å². The second kappa shape index (κ2) is 1.45. The Morgan fingerprint density at radius 1 is 1.50 bits per heavy atom. The van der Waals surface area contributed by atoms with Crippen LogP contribution in [0.15, 0.2) is 0 Å². The largest absolute Gasteiger partial charge is 0.390 e. The van der Waals surface area contributed by atoms with E-state index in [0.29, 0.717) is 5.92 Å². The minimum atomic E-state index is -0.130. The lowest BCUT2D eigenvalue weighted by molar-refractivity contribution is 0.114. The SMILES string of the molecule is OC(C1CC1)C1CO1. The third kappa shape index (κ3) is 0.740. The smallest absolute Gasteiger partial charge is 0.107 e. The van der Waals surface area contributed by atoms with Crippen molar-refractivity contribution in [3.63, 3.8) is 0 Å². The first-order chi connectivity index (χ1) is 3.88. The van der Waals surface area contributed by atoms with Crippen molar-refractivity contribution >= 4 is 0 Å². The Kier molecular flexibility index (Phi) is 0.866. The third-order valence-electron chi connectivity index (χ3n) is 1.85. The zero-order chi connectivity index (χ0) is 5.56. The van der Waals surface area contributed by atoms with Gasteiger partial charge in [-0.2, -0.15) is 0 Å². The van der Waals surface area contributed by atoms with Gasteiger partial charge in [-0.3, -0.25) is 0 Å². The van der Waals surface area contributed by atoms with Crippen LogP contribution in [0.3, 0.4) is 0 Å². The second-order valence-corrected chi connectivity index (χ2v) is 2.70. The average Bonchev–Trinajstić information content (AvgIpc) is 2.63. The zero-order valence-electron chi connectivity index (χ0n) is 4.71. The summed E-state index contributed by atoms with van der Waals surface area (Å²) in [6.07, 6.45) is 2.50. The summed E-state index contributed by atoms with van der Waals surface area (Å²) in [5, 5.41) is 9.20. The van der Waals surface area contributed by atoms with Crippen molar-refractivity contribution in [2.45, 2.75) is 25.0 Å². The molecule has 8 heavy (non-hydrogen) atoms. The molecule has 0 aromatic rings. The van der Waals surface area contributed by atoms with Gasteiger partial charge >= 0.3 is 0 Å². The molecule has 2 nitrogen and oxygen atoms in total. The summed E-state index contributed by atoms with van der Waals surface area (Å²) in [6.45, 7) is 0.789. The van der Waals surface area contributed by atoms with Gasteiger partial charge < -0.3 is 9.84 Å². The maximum absolute atomic E-state index is 9.20. The lowest BCUT2D eigenvalue weighted by Gasteiger charge is -2.01. The fraction of sp³-hybridized carbons (Fsp3) is 1.00. The molecule has 0 spiro atoms. The van der Waals surface area contributed by atoms with Gasteiger partial charge in [0.15, 0.2) is 0 Å². The van der Waals surface area contributed by atoms with Crippen molar-refractivity contribution in [2.75, 3.05) is 6.61 Å². The Bertz CT molecular complexity index is 82.7. The Hall–Kier alpha value is -0.0800. The molecule has 1 saturated heterocycles. The lowest BCUT2D eigenvalue weighted by Crippen LogP contribution is -2.16. The van der Waals surface area contributed by atoms with Gasteiger partial charge in [0.1, 0.15) is 6.10 Å². The monoisotopic (exact) mass is 114 g/mol. The van der Waals surface area contributed by atoms with Crippen LogP contribution >= 0.6 is 0 Å². The van der Waals surface area contributed by atoms with Crippen LogP contribution in [0, 0.1) is 5.92 Å². The first kappa shape index (κ1) is 4.77. The van der Waals surface area contributed by atoms with Gasteiger partial charge in [0.2, 0.25) is 0 Å². The van der Waals surface area contributed by atoms with Gasteiger partial charge in [0.05, 0.1) is 12.7 Å². The van der Waals surface area contributed by atoms with E-state index in [2.05, 4.69) is 0 Å².